The molecule has 1 atom stereocenters. The third-order valence-electron chi connectivity index (χ3n) is 5.12. The molecule has 29 heavy (non-hydrogen) atoms. The van der Waals surface area contributed by atoms with E-state index in [1.54, 1.807) is 60.7 Å². The number of Topliss-reactive ketones (excluding diaryl/α,β-unsaturated/α-hetero) is 1. The number of hydrogen-bond acceptors (Lipinski definition) is 4. The summed E-state index contributed by atoms with van der Waals surface area (Å²) in [5.74, 6) is -0.873. The van der Waals surface area contributed by atoms with E-state index < -0.39 is 11.5 Å². The summed E-state index contributed by atoms with van der Waals surface area (Å²) in [7, 11) is 0. The number of ketones is 1. The Balaban J connectivity index is 1.67. The lowest BCUT2D eigenvalue weighted by Crippen LogP contribution is -2.41. The van der Waals surface area contributed by atoms with E-state index in [4.69, 9.17) is 17.3 Å². The fourth-order valence-corrected chi connectivity index (χ4v) is 3.78. The Morgan fingerprint density at radius 3 is 2.48 bits per heavy atom. The van der Waals surface area contributed by atoms with Crippen LogP contribution in [0, 0.1) is 0 Å². The molecule has 1 aliphatic rings. The zero-order valence-corrected chi connectivity index (χ0v) is 16.3. The Morgan fingerprint density at radius 2 is 1.76 bits per heavy atom. The first kappa shape index (κ1) is 19.2. The van der Waals surface area contributed by atoms with E-state index in [0.29, 0.717) is 27.5 Å². The molecule has 1 aliphatic heterocycles. The number of rotatable bonds is 5. The maximum Gasteiger partial charge on any atom is 0.264 e. The van der Waals surface area contributed by atoms with Crippen LogP contribution in [0.1, 0.15) is 27.9 Å². The first-order valence-electron chi connectivity index (χ1n) is 9.15. The molecule has 146 valence electrons. The Kier molecular flexibility index (Phi) is 4.86. The Labute approximate surface area is 173 Å². The summed E-state index contributed by atoms with van der Waals surface area (Å²) in [6.45, 7) is 0.266. The lowest BCUT2D eigenvalue weighted by molar-refractivity contribution is -0.136. The van der Waals surface area contributed by atoms with Gasteiger partial charge in [-0.2, -0.15) is 0 Å². The van der Waals surface area contributed by atoms with Crippen molar-refractivity contribution < 1.29 is 14.7 Å². The van der Waals surface area contributed by atoms with E-state index in [9.17, 15) is 14.7 Å². The van der Waals surface area contributed by atoms with E-state index >= 15 is 0 Å². The molecular formula is C23H19ClN2O3. The van der Waals surface area contributed by atoms with Gasteiger partial charge in [-0.1, -0.05) is 54.1 Å². The molecule has 4 rings (SSSR count). The fraction of sp³-hybridized carbons (Fsp3) is 0.130. The first-order chi connectivity index (χ1) is 13.9. The van der Waals surface area contributed by atoms with Gasteiger partial charge in [0.05, 0.1) is 18.7 Å². The number of carbonyl (C=O) groups excluding carboxylic acids is 2. The SMILES string of the molecule is Nc1cccc(C(=O)CC2(O)C(=O)N(Cc3ccc(Cl)cc3)c3ccccc32)c1. The van der Waals surface area contributed by atoms with Crippen molar-refractivity contribution in [3.8, 4) is 0 Å². The minimum Gasteiger partial charge on any atom is -0.399 e. The highest BCUT2D eigenvalue weighted by Gasteiger charge is 2.50. The average molecular weight is 407 g/mol. The van der Waals surface area contributed by atoms with Crippen LogP contribution in [0.3, 0.4) is 0 Å². The molecule has 3 aromatic carbocycles. The summed E-state index contributed by atoms with van der Waals surface area (Å²) in [5.41, 5.74) is 6.53. The number of hydrogen-bond donors (Lipinski definition) is 2. The summed E-state index contributed by atoms with van der Waals surface area (Å²) in [4.78, 5) is 27.6. The van der Waals surface area contributed by atoms with Crippen molar-refractivity contribution in [3.05, 3.63) is 94.5 Å². The van der Waals surface area contributed by atoms with Crippen molar-refractivity contribution in [2.24, 2.45) is 0 Å². The van der Waals surface area contributed by atoms with Crippen molar-refractivity contribution in [2.75, 3.05) is 10.6 Å². The summed E-state index contributed by atoms with van der Waals surface area (Å²) >= 11 is 5.94. The van der Waals surface area contributed by atoms with Gasteiger partial charge in [0.25, 0.3) is 5.91 Å². The molecule has 1 amide bonds. The molecule has 1 heterocycles. The lowest BCUT2D eigenvalue weighted by Gasteiger charge is -2.23. The Bertz CT molecular complexity index is 1100. The average Bonchev–Trinajstić information content (AvgIpc) is 2.92. The monoisotopic (exact) mass is 406 g/mol. The van der Waals surface area contributed by atoms with Crippen molar-refractivity contribution in [3.63, 3.8) is 0 Å². The number of nitrogens with two attached hydrogens (primary N) is 1. The molecule has 6 heteroatoms. The third kappa shape index (κ3) is 3.50. The van der Waals surface area contributed by atoms with Crippen LogP contribution in [0.5, 0.6) is 0 Å². The predicted molar refractivity (Wildman–Crippen MR) is 113 cm³/mol. The molecule has 5 nitrogen and oxygen atoms in total. The molecule has 0 spiro atoms. The van der Waals surface area contributed by atoms with E-state index in [0.717, 1.165) is 5.56 Å². The second-order valence-electron chi connectivity index (χ2n) is 7.12. The van der Waals surface area contributed by atoms with Gasteiger partial charge >= 0.3 is 0 Å². The first-order valence-corrected chi connectivity index (χ1v) is 9.53. The highest BCUT2D eigenvalue weighted by atomic mass is 35.5. The summed E-state index contributed by atoms with van der Waals surface area (Å²) in [6.07, 6.45) is -0.358. The van der Waals surface area contributed by atoms with Gasteiger partial charge in [0.15, 0.2) is 11.4 Å². The summed E-state index contributed by atoms with van der Waals surface area (Å²) in [5, 5.41) is 11.9. The molecule has 0 aliphatic carbocycles. The van der Waals surface area contributed by atoms with Crippen LogP contribution < -0.4 is 10.6 Å². The van der Waals surface area contributed by atoms with Gasteiger partial charge in [-0.3, -0.25) is 9.59 Å². The minimum absolute atomic E-state index is 0.266. The van der Waals surface area contributed by atoms with Crippen molar-refractivity contribution in [1.29, 1.82) is 0 Å². The van der Waals surface area contributed by atoms with Crippen LogP contribution in [0.2, 0.25) is 5.02 Å². The quantitative estimate of drug-likeness (QED) is 0.496. The van der Waals surface area contributed by atoms with Crippen LogP contribution in [0.4, 0.5) is 11.4 Å². The zero-order chi connectivity index (χ0) is 20.6. The molecule has 0 saturated carbocycles. The molecule has 0 radical (unpaired) electrons. The van der Waals surface area contributed by atoms with E-state index in [1.165, 1.54) is 4.90 Å². The number of para-hydroxylation sites is 1. The fourth-order valence-electron chi connectivity index (χ4n) is 3.65. The van der Waals surface area contributed by atoms with Gasteiger partial charge in [-0.15, -0.1) is 0 Å². The number of nitrogens with zero attached hydrogens (tertiary/aromatic N) is 1. The largest absolute Gasteiger partial charge is 0.399 e. The molecule has 0 saturated heterocycles. The van der Waals surface area contributed by atoms with E-state index in [-0.39, 0.29) is 18.7 Å². The third-order valence-corrected chi connectivity index (χ3v) is 5.37. The van der Waals surface area contributed by atoms with Crippen LogP contribution >= 0.6 is 11.6 Å². The minimum atomic E-state index is -1.93. The summed E-state index contributed by atoms with van der Waals surface area (Å²) < 4.78 is 0. The lowest BCUT2D eigenvalue weighted by atomic mass is 9.88. The van der Waals surface area contributed by atoms with Crippen molar-refractivity contribution >= 4 is 34.7 Å². The number of nitrogen functional groups attached to an aromatic ring is 1. The predicted octanol–water partition coefficient (Wildman–Crippen LogP) is 3.93. The molecule has 1 unspecified atom stereocenters. The highest BCUT2D eigenvalue weighted by molar-refractivity contribution is 6.30. The molecular weight excluding hydrogens is 388 g/mol. The van der Waals surface area contributed by atoms with E-state index in [2.05, 4.69) is 0 Å². The van der Waals surface area contributed by atoms with Gasteiger partial charge in [-0.05, 0) is 35.9 Å². The second kappa shape index (κ2) is 7.35. The number of aliphatic hydroxyl groups is 1. The Morgan fingerprint density at radius 1 is 1.03 bits per heavy atom. The smallest absolute Gasteiger partial charge is 0.264 e. The normalized spacial score (nSPS) is 18.0. The van der Waals surface area contributed by atoms with Crippen molar-refractivity contribution in [1.82, 2.24) is 0 Å². The molecule has 3 aromatic rings. The number of halogens is 1. The van der Waals surface area contributed by atoms with Gasteiger partial charge in [0, 0.05) is 21.8 Å². The van der Waals surface area contributed by atoms with Gasteiger partial charge in [0.2, 0.25) is 0 Å². The van der Waals surface area contributed by atoms with Crippen LogP contribution in [-0.4, -0.2) is 16.8 Å². The van der Waals surface area contributed by atoms with Crippen LogP contribution in [0.25, 0.3) is 0 Å². The summed E-state index contributed by atoms with van der Waals surface area (Å²) in [6, 6.07) is 20.7. The maximum absolute atomic E-state index is 13.3. The van der Waals surface area contributed by atoms with Gasteiger partial charge < -0.3 is 15.7 Å². The second-order valence-corrected chi connectivity index (χ2v) is 7.56. The van der Waals surface area contributed by atoms with Crippen LogP contribution in [0.15, 0.2) is 72.8 Å². The van der Waals surface area contributed by atoms with E-state index in [1.807, 2.05) is 12.1 Å². The Hall–Kier alpha value is -3.15. The number of carbonyl (C=O) groups is 2. The topological polar surface area (TPSA) is 83.6 Å². The zero-order valence-electron chi connectivity index (χ0n) is 15.5. The van der Waals surface area contributed by atoms with Crippen molar-refractivity contribution in [2.45, 2.75) is 18.6 Å². The number of amides is 1. The van der Waals surface area contributed by atoms with Gasteiger partial charge in [-0.25, -0.2) is 0 Å². The maximum atomic E-state index is 13.3. The molecule has 3 N–H and O–H groups in total. The number of fused-ring (bicyclic) bond motifs is 1. The van der Waals surface area contributed by atoms with Crippen LogP contribution in [-0.2, 0) is 16.9 Å². The van der Waals surface area contributed by atoms with Gasteiger partial charge in [0.1, 0.15) is 0 Å². The standard InChI is InChI=1S/C23H19ClN2O3/c24-17-10-8-15(9-11-17)14-26-20-7-2-1-6-19(20)23(29,22(26)28)13-21(27)16-4-3-5-18(25)12-16/h1-12,29H,13-14,25H2. The molecule has 0 bridgehead atoms. The molecule has 0 fully saturated rings. The number of anilines is 2. The highest BCUT2D eigenvalue weighted by Crippen LogP contribution is 2.43. The molecule has 0 aromatic heterocycles. The number of benzene rings is 3.